The van der Waals surface area contributed by atoms with E-state index < -0.39 is 0 Å². The van der Waals surface area contributed by atoms with Crippen LogP contribution in [0.3, 0.4) is 0 Å². The van der Waals surface area contributed by atoms with E-state index in [0.29, 0.717) is 38.6 Å². The minimum Gasteiger partial charge on any atom is -0.325 e. The van der Waals surface area contributed by atoms with Crippen LogP contribution in [0, 0.1) is 6.92 Å². The Morgan fingerprint density at radius 1 is 1.14 bits per heavy atom. The molecule has 8 heteroatoms. The average Bonchev–Trinajstić information content (AvgIpc) is 2.67. The second kappa shape index (κ2) is 9.28. The molecule has 0 saturated heterocycles. The molecule has 2 N–H and O–H groups in total. The molecule has 1 amide bonds. The molecule has 0 fully saturated rings. The first kappa shape index (κ1) is 20.5. The third-order valence-corrected chi connectivity index (χ3v) is 5.58. The first-order chi connectivity index (χ1) is 13.4. The van der Waals surface area contributed by atoms with Crippen LogP contribution in [0.2, 0.25) is 10.0 Å². The highest BCUT2D eigenvalue weighted by Gasteiger charge is 2.11. The molecule has 3 rings (SSSR count). The number of carbonyl (C=O) groups excluding carboxylic acids is 1. The standard InChI is InChI=1S/C20H17Cl2N3O2S/c1-12-15(9-13-5-3-2-4-6-13)19(27)25-20(23-12)28-11-18(26)24-14-7-8-16(21)17(22)10-14/h2-8,10H,9,11H2,1H3,(H,24,26)(H,23,25,27). The van der Waals surface area contributed by atoms with Crippen LogP contribution in [-0.2, 0) is 11.2 Å². The molecule has 0 aliphatic carbocycles. The molecule has 1 heterocycles. The van der Waals surface area contributed by atoms with E-state index in [9.17, 15) is 9.59 Å². The molecule has 0 radical (unpaired) electrons. The number of H-pyrrole nitrogens is 1. The van der Waals surface area contributed by atoms with Crippen molar-refractivity contribution in [2.24, 2.45) is 0 Å². The summed E-state index contributed by atoms with van der Waals surface area (Å²) in [7, 11) is 0. The maximum Gasteiger partial charge on any atom is 0.255 e. The minimum absolute atomic E-state index is 0.0979. The van der Waals surface area contributed by atoms with E-state index in [1.165, 1.54) is 0 Å². The average molecular weight is 434 g/mol. The molecular weight excluding hydrogens is 417 g/mol. The summed E-state index contributed by atoms with van der Waals surface area (Å²) in [6.07, 6.45) is 0.512. The van der Waals surface area contributed by atoms with E-state index in [1.54, 1.807) is 25.1 Å². The first-order valence-corrected chi connectivity index (χ1v) is 10.2. The van der Waals surface area contributed by atoms with Crippen LogP contribution >= 0.6 is 35.0 Å². The van der Waals surface area contributed by atoms with Gasteiger partial charge in [0.2, 0.25) is 5.91 Å². The molecule has 0 spiro atoms. The van der Waals surface area contributed by atoms with Gasteiger partial charge in [0, 0.05) is 23.4 Å². The van der Waals surface area contributed by atoms with Gasteiger partial charge in [-0.25, -0.2) is 4.98 Å². The predicted molar refractivity (Wildman–Crippen MR) is 115 cm³/mol. The number of rotatable bonds is 6. The fourth-order valence-corrected chi connectivity index (χ4v) is 3.57. The van der Waals surface area contributed by atoms with E-state index >= 15 is 0 Å². The lowest BCUT2D eigenvalue weighted by atomic mass is 10.1. The van der Waals surface area contributed by atoms with E-state index in [1.807, 2.05) is 30.3 Å². The van der Waals surface area contributed by atoms with E-state index in [2.05, 4.69) is 15.3 Å². The molecule has 0 bridgehead atoms. The van der Waals surface area contributed by atoms with Crippen LogP contribution in [0.1, 0.15) is 16.8 Å². The summed E-state index contributed by atoms with van der Waals surface area (Å²) in [5.41, 5.74) is 2.68. The van der Waals surface area contributed by atoms with Crippen molar-refractivity contribution in [2.45, 2.75) is 18.5 Å². The van der Waals surface area contributed by atoms with Crippen molar-refractivity contribution in [3.8, 4) is 0 Å². The Morgan fingerprint density at radius 3 is 2.57 bits per heavy atom. The molecule has 0 saturated carbocycles. The van der Waals surface area contributed by atoms with Gasteiger partial charge in [-0.15, -0.1) is 0 Å². The fraction of sp³-hybridized carbons (Fsp3) is 0.150. The number of halogens is 2. The normalized spacial score (nSPS) is 10.7. The second-order valence-corrected chi connectivity index (χ2v) is 7.84. The quantitative estimate of drug-likeness (QED) is 0.436. The highest BCUT2D eigenvalue weighted by molar-refractivity contribution is 7.99. The Hall–Kier alpha value is -2.28. The van der Waals surface area contributed by atoms with Gasteiger partial charge in [0.1, 0.15) is 0 Å². The van der Waals surface area contributed by atoms with Crippen molar-refractivity contribution in [1.82, 2.24) is 9.97 Å². The van der Waals surface area contributed by atoms with Crippen LogP contribution in [0.15, 0.2) is 58.5 Å². The predicted octanol–water partition coefficient (Wildman–Crippen LogP) is 4.71. The molecule has 2 aromatic carbocycles. The van der Waals surface area contributed by atoms with Gasteiger partial charge in [0.25, 0.3) is 5.56 Å². The van der Waals surface area contributed by atoms with Gasteiger partial charge < -0.3 is 10.3 Å². The number of nitrogens with one attached hydrogen (secondary N) is 2. The van der Waals surface area contributed by atoms with Crippen molar-refractivity contribution in [1.29, 1.82) is 0 Å². The highest BCUT2D eigenvalue weighted by atomic mass is 35.5. The van der Waals surface area contributed by atoms with Crippen molar-refractivity contribution >= 4 is 46.6 Å². The smallest absolute Gasteiger partial charge is 0.255 e. The summed E-state index contributed by atoms with van der Waals surface area (Å²) in [4.78, 5) is 31.7. The number of anilines is 1. The van der Waals surface area contributed by atoms with Crippen LogP contribution in [0.25, 0.3) is 0 Å². The van der Waals surface area contributed by atoms with Crippen LogP contribution in [0.5, 0.6) is 0 Å². The maximum absolute atomic E-state index is 12.4. The highest BCUT2D eigenvalue weighted by Crippen LogP contribution is 2.25. The summed E-state index contributed by atoms with van der Waals surface area (Å²) >= 11 is 13.0. The van der Waals surface area contributed by atoms with Crippen molar-refractivity contribution in [3.63, 3.8) is 0 Å². The second-order valence-electron chi connectivity index (χ2n) is 6.06. The van der Waals surface area contributed by atoms with Gasteiger partial charge >= 0.3 is 0 Å². The Kier molecular flexibility index (Phi) is 6.78. The van der Waals surface area contributed by atoms with Crippen molar-refractivity contribution in [2.75, 3.05) is 11.1 Å². The van der Waals surface area contributed by atoms with Crippen LogP contribution in [0.4, 0.5) is 5.69 Å². The number of hydrogen-bond acceptors (Lipinski definition) is 4. The summed E-state index contributed by atoms with van der Waals surface area (Å²) in [6.45, 7) is 1.80. The summed E-state index contributed by atoms with van der Waals surface area (Å²) < 4.78 is 0. The monoisotopic (exact) mass is 433 g/mol. The third-order valence-electron chi connectivity index (χ3n) is 3.97. The summed E-state index contributed by atoms with van der Waals surface area (Å²) in [5.74, 6) is -0.141. The van der Waals surface area contributed by atoms with E-state index in [0.717, 1.165) is 17.3 Å². The third kappa shape index (κ3) is 5.38. The maximum atomic E-state index is 12.4. The minimum atomic E-state index is -0.239. The van der Waals surface area contributed by atoms with E-state index in [4.69, 9.17) is 23.2 Å². The fourth-order valence-electron chi connectivity index (χ4n) is 2.57. The lowest BCUT2D eigenvalue weighted by molar-refractivity contribution is -0.113. The molecule has 0 aliphatic heterocycles. The molecule has 144 valence electrons. The number of amides is 1. The van der Waals surface area contributed by atoms with Gasteiger partial charge in [-0.3, -0.25) is 9.59 Å². The number of nitrogens with zero attached hydrogens (tertiary/aromatic N) is 1. The largest absolute Gasteiger partial charge is 0.325 e. The zero-order valence-corrected chi connectivity index (χ0v) is 17.3. The van der Waals surface area contributed by atoms with Gasteiger partial charge in [-0.2, -0.15) is 0 Å². The van der Waals surface area contributed by atoms with Crippen molar-refractivity contribution in [3.05, 3.63) is 85.8 Å². The number of aryl methyl sites for hydroxylation is 1. The molecule has 28 heavy (non-hydrogen) atoms. The molecule has 0 atom stereocenters. The first-order valence-electron chi connectivity index (χ1n) is 8.44. The molecule has 5 nitrogen and oxygen atoms in total. The Bertz CT molecular complexity index is 1060. The Labute approximate surface area is 176 Å². The number of carbonyl (C=O) groups is 1. The molecule has 0 unspecified atom stereocenters. The van der Waals surface area contributed by atoms with Gasteiger partial charge in [0.15, 0.2) is 5.16 Å². The summed E-state index contributed by atoms with van der Waals surface area (Å²) in [5, 5.41) is 3.92. The zero-order chi connectivity index (χ0) is 20.1. The van der Waals surface area contributed by atoms with Crippen LogP contribution in [-0.4, -0.2) is 21.6 Å². The molecule has 0 aliphatic rings. The number of aromatic nitrogens is 2. The number of aromatic amines is 1. The van der Waals surface area contributed by atoms with E-state index in [-0.39, 0.29) is 17.2 Å². The molecular formula is C20H17Cl2N3O2S. The summed E-state index contributed by atoms with van der Waals surface area (Å²) in [6, 6.07) is 14.6. The number of thioether (sulfide) groups is 1. The Balaban J connectivity index is 1.63. The number of benzene rings is 2. The van der Waals surface area contributed by atoms with Gasteiger partial charge in [0.05, 0.1) is 15.8 Å². The van der Waals surface area contributed by atoms with Crippen molar-refractivity contribution < 1.29 is 4.79 Å². The SMILES string of the molecule is Cc1nc(SCC(=O)Nc2ccc(Cl)c(Cl)c2)[nH]c(=O)c1Cc1ccccc1. The topological polar surface area (TPSA) is 74.8 Å². The molecule has 1 aromatic heterocycles. The lowest BCUT2D eigenvalue weighted by Crippen LogP contribution is -2.19. The zero-order valence-electron chi connectivity index (χ0n) is 15.0. The van der Waals surface area contributed by atoms with Gasteiger partial charge in [-0.1, -0.05) is 65.3 Å². The van der Waals surface area contributed by atoms with Gasteiger partial charge in [-0.05, 0) is 30.7 Å². The number of hydrogen-bond donors (Lipinski definition) is 2. The Morgan fingerprint density at radius 2 is 1.89 bits per heavy atom. The molecule has 3 aromatic rings. The lowest BCUT2D eigenvalue weighted by Gasteiger charge is -2.08. The van der Waals surface area contributed by atoms with Crippen LogP contribution < -0.4 is 10.9 Å².